The molecule has 0 aromatic heterocycles. The molecule has 0 amide bonds. The third-order valence-corrected chi connectivity index (χ3v) is 7.58. The summed E-state index contributed by atoms with van der Waals surface area (Å²) in [6, 6.07) is 18.3. The second-order valence-electron chi connectivity index (χ2n) is 9.49. The summed E-state index contributed by atoms with van der Waals surface area (Å²) in [5, 5.41) is 33.2. The summed E-state index contributed by atoms with van der Waals surface area (Å²) >= 11 is 6.66. The molecule has 3 aromatic carbocycles. The number of rotatable bonds is 5. The SMILES string of the molecule is COc1ccc(/C(O)=C2\C(=N)N(c3cc([N+](=O)[O-])ccc3C)C3=C(C(=O)CCC3)C2c2ccccc2Cl)cc1. The Kier molecular flexibility index (Phi) is 6.97. The molecule has 2 aliphatic rings. The first-order chi connectivity index (χ1) is 18.7. The van der Waals surface area contributed by atoms with E-state index in [2.05, 4.69) is 0 Å². The van der Waals surface area contributed by atoms with E-state index in [0.29, 0.717) is 63.7 Å². The molecule has 0 spiro atoms. The molecule has 1 unspecified atom stereocenters. The number of benzene rings is 3. The van der Waals surface area contributed by atoms with Gasteiger partial charge in [-0.15, -0.1) is 0 Å². The molecule has 0 radical (unpaired) electrons. The van der Waals surface area contributed by atoms with Crippen molar-refractivity contribution in [2.45, 2.75) is 32.1 Å². The summed E-state index contributed by atoms with van der Waals surface area (Å²) in [4.78, 5) is 26.4. The molecule has 0 saturated heterocycles. The number of non-ortho nitro benzene ring substituents is 1. The van der Waals surface area contributed by atoms with Gasteiger partial charge in [0.15, 0.2) is 5.78 Å². The third kappa shape index (κ3) is 4.57. The number of carbonyl (C=O) groups is 1. The van der Waals surface area contributed by atoms with Crippen LogP contribution in [0.3, 0.4) is 0 Å². The lowest BCUT2D eigenvalue weighted by molar-refractivity contribution is -0.384. The normalized spacial score (nSPS) is 18.6. The van der Waals surface area contributed by atoms with Crippen LogP contribution in [-0.4, -0.2) is 28.8 Å². The molecule has 9 heteroatoms. The number of hydrogen-bond acceptors (Lipinski definition) is 6. The Hall–Kier alpha value is -4.43. The van der Waals surface area contributed by atoms with Crippen molar-refractivity contribution in [1.29, 1.82) is 5.41 Å². The summed E-state index contributed by atoms with van der Waals surface area (Å²) in [5.74, 6) is -0.580. The number of carbonyl (C=O) groups excluding carboxylic acids is 1. The number of nitrogens with zero attached hydrogens (tertiary/aromatic N) is 2. The Labute approximate surface area is 230 Å². The molecule has 0 fully saturated rings. The Morgan fingerprint density at radius 2 is 1.85 bits per heavy atom. The van der Waals surface area contributed by atoms with E-state index in [0.717, 1.165) is 0 Å². The number of ketones is 1. The fourth-order valence-corrected chi connectivity index (χ4v) is 5.58. The molecular formula is C30H26ClN3O5. The number of Topliss-reactive ketones (excluding diaryl/α,β-unsaturated/α-hetero) is 1. The molecule has 8 nitrogen and oxygen atoms in total. The molecular weight excluding hydrogens is 518 g/mol. The van der Waals surface area contributed by atoms with E-state index in [9.17, 15) is 25.4 Å². The van der Waals surface area contributed by atoms with Gasteiger partial charge < -0.3 is 9.84 Å². The highest BCUT2D eigenvalue weighted by Gasteiger charge is 2.44. The fourth-order valence-electron chi connectivity index (χ4n) is 5.33. The highest BCUT2D eigenvalue weighted by molar-refractivity contribution is 6.32. The van der Waals surface area contributed by atoms with E-state index in [1.807, 2.05) is 0 Å². The van der Waals surface area contributed by atoms with Gasteiger partial charge in [0.1, 0.15) is 17.3 Å². The number of amidine groups is 1. The van der Waals surface area contributed by atoms with Crippen LogP contribution in [0.5, 0.6) is 5.75 Å². The minimum absolute atomic E-state index is 0.0784. The van der Waals surface area contributed by atoms with Gasteiger partial charge in [-0.05, 0) is 61.2 Å². The second-order valence-corrected chi connectivity index (χ2v) is 9.90. The van der Waals surface area contributed by atoms with Gasteiger partial charge in [0.25, 0.3) is 5.69 Å². The number of halogens is 1. The van der Waals surface area contributed by atoms with Gasteiger partial charge in [-0.2, -0.15) is 0 Å². The quantitative estimate of drug-likeness (QED) is 0.201. The van der Waals surface area contributed by atoms with Crippen LogP contribution < -0.4 is 9.64 Å². The Morgan fingerprint density at radius 3 is 2.51 bits per heavy atom. The highest BCUT2D eigenvalue weighted by Crippen LogP contribution is 2.49. The number of nitro groups is 1. The van der Waals surface area contributed by atoms with Crippen molar-refractivity contribution in [3.05, 3.63) is 115 Å². The molecule has 1 heterocycles. The van der Waals surface area contributed by atoms with E-state index >= 15 is 0 Å². The zero-order valence-corrected chi connectivity index (χ0v) is 22.2. The minimum Gasteiger partial charge on any atom is -0.507 e. The Bertz CT molecular complexity index is 1580. The lowest BCUT2D eigenvalue weighted by atomic mass is 9.73. The summed E-state index contributed by atoms with van der Waals surface area (Å²) in [5.41, 5.74) is 3.21. The van der Waals surface area contributed by atoms with Crippen molar-refractivity contribution in [3.8, 4) is 5.75 Å². The Balaban J connectivity index is 1.85. The maximum Gasteiger partial charge on any atom is 0.271 e. The van der Waals surface area contributed by atoms with E-state index in [1.54, 1.807) is 73.5 Å². The number of anilines is 1. The first-order valence-corrected chi connectivity index (χ1v) is 12.8. The van der Waals surface area contributed by atoms with Gasteiger partial charge in [-0.1, -0.05) is 35.9 Å². The topological polar surface area (TPSA) is 117 Å². The molecule has 5 rings (SSSR count). The van der Waals surface area contributed by atoms with Crippen LogP contribution in [0.25, 0.3) is 5.76 Å². The van der Waals surface area contributed by atoms with Crippen LogP contribution in [0.4, 0.5) is 11.4 Å². The summed E-state index contributed by atoms with van der Waals surface area (Å²) < 4.78 is 5.25. The maximum absolute atomic E-state index is 13.6. The predicted molar refractivity (Wildman–Crippen MR) is 151 cm³/mol. The van der Waals surface area contributed by atoms with Gasteiger partial charge in [-0.3, -0.25) is 25.2 Å². The van der Waals surface area contributed by atoms with Crippen LogP contribution in [0, 0.1) is 22.4 Å². The molecule has 1 aliphatic heterocycles. The van der Waals surface area contributed by atoms with Crippen molar-refractivity contribution < 1.29 is 19.6 Å². The zero-order valence-electron chi connectivity index (χ0n) is 21.4. The number of hydrogen-bond donors (Lipinski definition) is 2. The van der Waals surface area contributed by atoms with Crippen LogP contribution >= 0.6 is 11.6 Å². The molecule has 1 atom stereocenters. The van der Waals surface area contributed by atoms with Gasteiger partial charge in [-0.25, -0.2) is 0 Å². The summed E-state index contributed by atoms with van der Waals surface area (Å²) in [6.07, 6.45) is 1.38. The number of nitrogens with one attached hydrogen (secondary N) is 1. The fraction of sp³-hybridized carbons (Fsp3) is 0.200. The highest BCUT2D eigenvalue weighted by atomic mass is 35.5. The van der Waals surface area contributed by atoms with Crippen molar-refractivity contribution in [2.75, 3.05) is 12.0 Å². The zero-order chi connectivity index (χ0) is 27.8. The Morgan fingerprint density at radius 1 is 1.13 bits per heavy atom. The molecule has 2 N–H and O–H groups in total. The molecule has 39 heavy (non-hydrogen) atoms. The van der Waals surface area contributed by atoms with Crippen LogP contribution in [0.15, 0.2) is 83.6 Å². The van der Waals surface area contributed by atoms with Crippen molar-refractivity contribution in [2.24, 2.45) is 0 Å². The van der Waals surface area contributed by atoms with Crippen LogP contribution in [0.2, 0.25) is 5.02 Å². The molecule has 198 valence electrons. The maximum atomic E-state index is 13.6. The van der Waals surface area contributed by atoms with Gasteiger partial charge >= 0.3 is 0 Å². The van der Waals surface area contributed by atoms with E-state index in [4.69, 9.17) is 16.3 Å². The van der Waals surface area contributed by atoms with Crippen LogP contribution in [0.1, 0.15) is 41.9 Å². The lowest BCUT2D eigenvalue weighted by Gasteiger charge is -2.42. The number of allylic oxidation sites excluding steroid dienone is 2. The second kappa shape index (κ2) is 10.4. The predicted octanol–water partition coefficient (Wildman–Crippen LogP) is 7.12. The van der Waals surface area contributed by atoms with Crippen molar-refractivity contribution in [3.63, 3.8) is 0 Å². The summed E-state index contributed by atoms with van der Waals surface area (Å²) in [6.45, 7) is 1.80. The summed E-state index contributed by atoms with van der Waals surface area (Å²) in [7, 11) is 1.54. The molecule has 0 saturated carbocycles. The number of ether oxygens (including phenoxy) is 1. The average Bonchev–Trinajstić information content (AvgIpc) is 2.93. The number of aryl methyl sites for hydroxylation is 1. The van der Waals surface area contributed by atoms with E-state index in [1.165, 1.54) is 12.1 Å². The first-order valence-electron chi connectivity index (χ1n) is 12.4. The van der Waals surface area contributed by atoms with Gasteiger partial charge in [0.2, 0.25) is 0 Å². The van der Waals surface area contributed by atoms with Gasteiger partial charge in [0.05, 0.1) is 17.7 Å². The first kappa shape index (κ1) is 26.2. The number of methoxy groups -OCH3 is 1. The van der Waals surface area contributed by atoms with Crippen molar-refractivity contribution >= 4 is 40.4 Å². The lowest BCUT2D eigenvalue weighted by Crippen LogP contribution is -2.42. The van der Waals surface area contributed by atoms with E-state index in [-0.39, 0.29) is 28.6 Å². The minimum atomic E-state index is -0.800. The standard InChI is InChI=1S/C30H26ClN3O5/c1-17-10-13-19(34(37)38)16-24(17)33-23-8-5-9-25(35)27(23)26(21-6-3-4-7-22(21)31)28(30(33)32)29(36)18-11-14-20(39-2)15-12-18/h3-4,6-7,10-16,26,32,36H,5,8-9H2,1-2H3/b29-28+,32-30?. The number of nitro benzene ring substituents is 1. The smallest absolute Gasteiger partial charge is 0.271 e. The average molecular weight is 544 g/mol. The monoisotopic (exact) mass is 543 g/mol. The number of aliphatic hydroxyl groups is 1. The van der Waals surface area contributed by atoms with Crippen molar-refractivity contribution in [1.82, 2.24) is 0 Å². The molecule has 1 aliphatic carbocycles. The molecule has 0 bridgehead atoms. The van der Waals surface area contributed by atoms with Gasteiger partial charge in [0, 0.05) is 51.9 Å². The largest absolute Gasteiger partial charge is 0.507 e. The molecule has 3 aromatic rings. The van der Waals surface area contributed by atoms with E-state index < -0.39 is 10.8 Å². The van der Waals surface area contributed by atoms with Crippen LogP contribution in [-0.2, 0) is 4.79 Å². The number of aliphatic hydroxyl groups excluding tert-OH is 1. The third-order valence-electron chi connectivity index (χ3n) is 7.23.